The SMILES string of the molecule is COC(=O)c1cc(Br)c(N2CCC(F)(F)CC2)cc1OC(C)C. The van der Waals surface area contributed by atoms with E-state index in [1.807, 2.05) is 18.7 Å². The Labute approximate surface area is 142 Å². The number of esters is 1. The first kappa shape index (κ1) is 18.0. The molecule has 1 heterocycles. The van der Waals surface area contributed by atoms with Gasteiger partial charge in [0.25, 0.3) is 5.92 Å². The maximum atomic E-state index is 13.3. The molecule has 0 radical (unpaired) electrons. The number of piperidine rings is 1. The van der Waals surface area contributed by atoms with Crippen molar-refractivity contribution in [3.8, 4) is 5.75 Å². The third-order valence-electron chi connectivity index (χ3n) is 3.65. The average molecular weight is 392 g/mol. The fraction of sp³-hybridized carbons (Fsp3) is 0.562. The van der Waals surface area contributed by atoms with Crippen molar-refractivity contribution in [3.63, 3.8) is 0 Å². The maximum absolute atomic E-state index is 13.3. The number of nitrogens with zero attached hydrogens (tertiary/aromatic N) is 1. The lowest BCUT2D eigenvalue weighted by Crippen LogP contribution is -2.39. The number of anilines is 1. The number of methoxy groups -OCH3 is 1. The monoisotopic (exact) mass is 391 g/mol. The summed E-state index contributed by atoms with van der Waals surface area (Å²) < 4.78 is 37.8. The molecule has 0 unspecified atom stereocenters. The third-order valence-corrected chi connectivity index (χ3v) is 4.29. The van der Waals surface area contributed by atoms with Gasteiger partial charge < -0.3 is 14.4 Å². The van der Waals surface area contributed by atoms with E-state index < -0.39 is 11.9 Å². The highest BCUT2D eigenvalue weighted by atomic mass is 79.9. The van der Waals surface area contributed by atoms with Crippen molar-refractivity contribution in [1.82, 2.24) is 0 Å². The fourth-order valence-electron chi connectivity index (χ4n) is 2.48. The summed E-state index contributed by atoms with van der Waals surface area (Å²) in [5.41, 5.74) is 1.04. The number of carbonyl (C=O) groups is 1. The molecule has 4 nitrogen and oxygen atoms in total. The first-order valence-corrected chi connectivity index (χ1v) is 8.24. The number of carbonyl (C=O) groups excluding carboxylic acids is 1. The Bertz CT molecular complexity index is 583. The minimum atomic E-state index is -2.60. The normalized spacial score (nSPS) is 17.3. The van der Waals surface area contributed by atoms with Crippen LogP contribution in [0, 0.1) is 0 Å². The molecule has 7 heteroatoms. The van der Waals surface area contributed by atoms with Crippen molar-refractivity contribution in [1.29, 1.82) is 0 Å². The Morgan fingerprint density at radius 3 is 2.43 bits per heavy atom. The summed E-state index contributed by atoms with van der Waals surface area (Å²) in [5.74, 6) is -2.72. The quantitative estimate of drug-likeness (QED) is 0.718. The zero-order chi connectivity index (χ0) is 17.2. The van der Waals surface area contributed by atoms with Crippen LogP contribution in [0.15, 0.2) is 16.6 Å². The van der Waals surface area contributed by atoms with Crippen LogP contribution < -0.4 is 9.64 Å². The van der Waals surface area contributed by atoms with Crippen LogP contribution in [0.1, 0.15) is 37.0 Å². The van der Waals surface area contributed by atoms with Gasteiger partial charge >= 0.3 is 5.97 Å². The molecule has 1 aliphatic heterocycles. The van der Waals surface area contributed by atoms with Gasteiger partial charge in [0.2, 0.25) is 0 Å². The van der Waals surface area contributed by atoms with Crippen molar-refractivity contribution in [2.24, 2.45) is 0 Å². The van der Waals surface area contributed by atoms with E-state index in [9.17, 15) is 13.6 Å². The molecule has 1 aliphatic rings. The molecule has 128 valence electrons. The van der Waals surface area contributed by atoms with Crippen LogP contribution in [0.3, 0.4) is 0 Å². The van der Waals surface area contributed by atoms with Gasteiger partial charge in [-0.3, -0.25) is 0 Å². The highest BCUT2D eigenvalue weighted by Crippen LogP contribution is 2.38. The Morgan fingerprint density at radius 1 is 1.30 bits per heavy atom. The number of rotatable bonds is 4. The van der Waals surface area contributed by atoms with E-state index >= 15 is 0 Å². The molecule has 2 rings (SSSR count). The maximum Gasteiger partial charge on any atom is 0.341 e. The molecule has 0 saturated carbocycles. The minimum Gasteiger partial charge on any atom is -0.490 e. The molecular weight excluding hydrogens is 372 g/mol. The molecule has 0 atom stereocenters. The largest absolute Gasteiger partial charge is 0.490 e. The number of hydrogen-bond acceptors (Lipinski definition) is 4. The van der Waals surface area contributed by atoms with Gasteiger partial charge in [-0.2, -0.15) is 0 Å². The average Bonchev–Trinajstić information content (AvgIpc) is 2.47. The van der Waals surface area contributed by atoms with Crippen LogP contribution in [0.5, 0.6) is 5.75 Å². The topological polar surface area (TPSA) is 38.8 Å². The molecule has 0 spiro atoms. The second kappa shape index (κ2) is 7.03. The molecule has 1 fully saturated rings. The van der Waals surface area contributed by atoms with Gasteiger partial charge in [0, 0.05) is 36.5 Å². The zero-order valence-electron chi connectivity index (χ0n) is 13.4. The smallest absolute Gasteiger partial charge is 0.341 e. The number of ether oxygens (including phenoxy) is 2. The van der Waals surface area contributed by atoms with E-state index in [4.69, 9.17) is 9.47 Å². The summed E-state index contributed by atoms with van der Waals surface area (Å²) in [7, 11) is 1.30. The Hall–Kier alpha value is -1.37. The number of benzene rings is 1. The molecule has 0 N–H and O–H groups in total. The summed E-state index contributed by atoms with van der Waals surface area (Å²) in [4.78, 5) is 13.8. The molecule has 1 aromatic rings. The zero-order valence-corrected chi connectivity index (χ0v) is 15.0. The minimum absolute atomic E-state index is 0.127. The van der Waals surface area contributed by atoms with Gasteiger partial charge in [-0.05, 0) is 35.8 Å². The predicted molar refractivity (Wildman–Crippen MR) is 87.6 cm³/mol. The molecular formula is C16H20BrF2NO3. The van der Waals surface area contributed by atoms with Crippen molar-refractivity contribution in [2.45, 2.75) is 38.7 Å². The van der Waals surface area contributed by atoms with E-state index in [2.05, 4.69) is 15.9 Å². The van der Waals surface area contributed by atoms with Gasteiger partial charge in [0.1, 0.15) is 11.3 Å². The number of hydrogen-bond donors (Lipinski definition) is 0. The standard InChI is InChI=1S/C16H20BrF2NO3/c1-10(2)23-14-9-13(12(17)8-11(14)15(21)22-3)20-6-4-16(18,19)5-7-20/h8-10H,4-7H2,1-3H3. The molecule has 23 heavy (non-hydrogen) atoms. The summed E-state index contributed by atoms with van der Waals surface area (Å²) in [5, 5.41) is 0. The Morgan fingerprint density at radius 2 is 1.91 bits per heavy atom. The van der Waals surface area contributed by atoms with E-state index in [1.54, 1.807) is 12.1 Å². The first-order chi connectivity index (χ1) is 10.7. The van der Waals surface area contributed by atoms with Crippen LogP contribution in [-0.4, -0.2) is 38.2 Å². The molecule has 1 aromatic carbocycles. The van der Waals surface area contributed by atoms with Gasteiger partial charge in [0.15, 0.2) is 0 Å². The van der Waals surface area contributed by atoms with Crippen LogP contribution in [0.4, 0.5) is 14.5 Å². The van der Waals surface area contributed by atoms with E-state index in [0.717, 1.165) is 5.69 Å². The lowest BCUT2D eigenvalue weighted by atomic mass is 10.1. The highest BCUT2D eigenvalue weighted by Gasteiger charge is 2.35. The van der Waals surface area contributed by atoms with E-state index in [-0.39, 0.29) is 32.0 Å². The van der Waals surface area contributed by atoms with Gasteiger partial charge in [-0.25, -0.2) is 13.6 Å². The van der Waals surface area contributed by atoms with Crippen LogP contribution in [0.25, 0.3) is 0 Å². The second-order valence-corrected chi connectivity index (χ2v) is 6.66. The molecule has 0 bridgehead atoms. The molecule has 0 aliphatic carbocycles. The predicted octanol–water partition coefficient (Wildman–Crippen LogP) is 4.26. The van der Waals surface area contributed by atoms with Crippen molar-refractivity contribution in [2.75, 3.05) is 25.1 Å². The van der Waals surface area contributed by atoms with Gasteiger partial charge in [0.05, 0.1) is 18.9 Å². The Kier molecular flexibility index (Phi) is 5.49. The van der Waals surface area contributed by atoms with Crippen molar-refractivity contribution < 1.29 is 23.0 Å². The van der Waals surface area contributed by atoms with E-state index in [1.165, 1.54) is 7.11 Å². The van der Waals surface area contributed by atoms with Crippen molar-refractivity contribution in [3.05, 3.63) is 22.2 Å². The summed E-state index contributed by atoms with van der Waals surface area (Å²) in [6.45, 7) is 4.21. The Balaban J connectivity index is 2.35. The van der Waals surface area contributed by atoms with Gasteiger partial charge in [-0.1, -0.05) is 0 Å². The van der Waals surface area contributed by atoms with Crippen molar-refractivity contribution >= 4 is 27.6 Å². The molecule has 0 amide bonds. The first-order valence-electron chi connectivity index (χ1n) is 7.45. The lowest BCUT2D eigenvalue weighted by Gasteiger charge is -2.34. The summed E-state index contributed by atoms with van der Waals surface area (Å²) in [6, 6.07) is 3.32. The fourth-order valence-corrected chi connectivity index (χ4v) is 3.07. The van der Waals surface area contributed by atoms with E-state index in [0.29, 0.717) is 15.8 Å². The third kappa shape index (κ3) is 4.34. The number of halogens is 3. The second-order valence-electron chi connectivity index (χ2n) is 5.80. The summed E-state index contributed by atoms with van der Waals surface area (Å²) in [6.07, 6.45) is -0.491. The molecule has 0 aromatic heterocycles. The molecule has 1 saturated heterocycles. The lowest BCUT2D eigenvalue weighted by molar-refractivity contribution is -0.0220. The van der Waals surface area contributed by atoms with Crippen LogP contribution in [-0.2, 0) is 4.74 Å². The highest BCUT2D eigenvalue weighted by molar-refractivity contribution is 9.10. The van der Waals surface area contributed by atoms with Crippen LogP contribution in [0.2, 0.25) is 0 Å². The summed E-state index contributed by atoms with van der Waals surface area (Å²) >= 11 is 3.42. The van der Waals surface area contributed by atoms with Crippen LogP contribution >= 0.6 is 15.9 Å². The van der Waals surface area contributed by atoms with Gasteiger partial charge in [-0.15, -0.1) is 0 Å². The number of alkyl halides is 2.